The molecular weight excluding hydrogens is 169 g/mol. The number of alkyl halides is 1. The Balaban J connectivity index is 2.48. The molecule has 1 aliphatic rings. The van der Waals surface area contributed by atoms with Gasteiger partial charge in [0.25, 0.3) is 0 Å². The third-order valence-electron chi connectivity index (χ3n) is 2.60. The van der Waals surface area contributed by atoms with Gasteiger partial charge in [-0.25, -0.2) is 4.39 Å². The molecule has 3 atom stereocenters. The summed E-state index contributed by atoms with van der Waals surface area (Å²) >= 11 is 0. The molecule has 78 valence electrons. The smallest absolute Gasteiger partial charge is 0.119 e. The maximum atomic E-state index is 13.4. The van der Waals surface area contributed by atoms with E-state index in [2.05, 4.69) is 4.90 Å². The summed E-state index contributed by atoms with van der Waals surface area (Å²) in [5.74, 6) is 0. The number of rotatable bonds is 3. The quantitative estimate of drug-likeness (QED) is 0.671. The second-order valence-electron chi connectivity index (χ2n) is 4.17. The van der Waals surface area contributed by atoms with Gasteiger partial charge in [-0.05, 0) is 34.2 Å². The van der Waals surface area contributed by atoms with Gasteiger partial charge in [-0.15, -0.1) is 0 Å². The molecule has 0 aromatic heterocycles. The fourth-order valence-corrected chi connectivity index (χ4v) is 2.09. The van der Waals surface area contributed by atoms with Crippen LogP contribution in [0.4, 0.5) is 4.39 Å². The number of hydrogen-bond acceptors (Lipinski definition) is 2. The first kappa shape index (κ1) is 10.9. The Hall–Kier alpha value is -0.150. The molecule has 3 heteroatoms. The van der Waals surface area contributed by atoms with E-state index >= 15 is 0 Å². The summed E-state index contributed by atoms with van der Waals surface area (Å²) in [6, 6.07) is -0.0533. The van der Waals surface area contributed by atoms with Crippen molar-refractivity contribution < 1.29 is 9.13 Å². The SMILES string of the molecule is CC(C)OC(C)C1C(F)CCN1C. The van der Waals surface area contributed by atoms with Gasteiger partial charge in [-0.3, -0.25) is 4.90 Å². The van der Waals surface area contributed by atoms with Crippen molar-refractivity contribution in [2.24, 2.45) is 0 Å². The van der Waals surface area contributed by atoms with E-state index in [4.69, 9.17) is 4.74 Å². The summed E-state index contributed by atoms with van der Waals surface area (Å²) < 4.78 is 19.0. The topological polar surface area (TPSA) is 12.5 Å². The van der Waals surface area contributed by atoms with Crippen LogP contribution in [-0.2, 0) is 4.74 Å². The molecule has 0 spiro atoms. The van der Waals surface area contributed by atoms with Crippen molar-refractivity contribution in [2.75, 3.05) is 13.6 Å². The van der Waals surface area contributed by atoms with Crippen molar-refractivity contribution in [3.05, 3.63) is 0 Å². The first-order chi connectivity index (χ1) is 6.02. The van der Waals surface area contributed by atoms with Crippen LogP contribution in [0.3, 0.4) is 0 Å². The lowest BCUT2D eigenvalue weighted by atomic mass is 10.1. The molecule has 0 aromatic rings. The summed E-state index contributed by atoms with van der Waals surface area (Å²) in [6.07, 6.45) is 0.0879. The Kier molecular flexibility index (Phi) is 3.68. The van der Waals surface area contributed by atoms with Crippen LogP contribution in [0.15, 0.2) is 0 Å². The minimum Gasteiger partial charge on any atom is -0.374 e. The van der Waals surface area contributed by atoms with Gasteiger partial charge in [0.15, 0.2) is 0 Å². The number of likely N-dealkylation sites (N-methyl/N-ethyl adjacent to an activating group) is 1. The molecule has 0 aliphatic carbocycles. The predicted molar refractivity (Wildman–Crippen MR) is 51.6 cm³/mol. The fourth-order valence-electron chi connectivity index (χ4n) is 2.09. The highest BCUT2D eigenvalue weighted by molar-refractivity contribution is 4.89. The average molecular weight is 189 g/mol. The normalized spacial score (nSPS) is 32.8. The van der Waals surface area contributed by atoms with E-state index in [0.717, 1.165) is 6.54 Å². The highest BCUT2D eigenvalue weighted by Crippen LogP contribution is 2.23. The number of ether oxygens (including phenoxy) is 1. The number of nitrogens with zero attached hydrogens (tertiary/aromatic N) is 1. The van der Waals surface area contributed by atoms with Crippen LogP contribution in [0.1, 0.15) is 27.2 Å². The third-order valence-corrected chi connectivity index (χ3v) is 2.60. The molecule has 1 fully saturated rings. The van der Waals surface area contributed by atoms with Gasteiger partial charge >= 0.3 is 0 Å². The highest BCUT2D eigenvalue weighted by atomic mass is 19.1. The molecular formula is C10H20FNO. The third kappa shape index (κ3) is 2.64. The van der Waals surface area contributed by atoms with E-state index in [9.17, 15) is 4.39 Å². The van der Waals surface area contributed by atoms with Gasteiger partial charge < -0.3 is 4.74 Å². The van der Waals surface area contributed by atoms with E-state index in [1.807, 2.05) is 27.8 Å². The van der Waals surface area contributed by atoms with Crippen LogP contribution in [0.2, 0.25) is 0 Å². The Morgan fingerprint density at radius 2 is 2.00 bits per heavy atom. The zero-order chi connectivity index (χ0) is 10.0. The summed E-state index contributed by atoms with van der Waals surface area (Å²) in [7, 11) is 1.96. The van der Waals surface area contributed by atoms with Crippen molar-refractivity contribution in [3.63, 3.8) is 0 Å². The maximum Gasteiger partial charge on any atom is 0.119 e. The van der Waals surface area contributed by atoms with Crippen LogP contribution in [-0.4, -0.2) is 42.9 Å². The van der Waals surface area contributed by atoms with Crippen molar-refractivity contribution in [1.82, 2.24) is 4.90 Å². The summed E-state index contributed by atoms with van der Waals surface area (Å²) in [5.41, 5.74) is 0. The molecule has 1 saturated heterocycles. The second kappa shape index (κ2) is 4.38. The van der Waals surface area contributed by atoms with Crippen LogP contribution >= 0.6 is 0 Å². The number of likely N-dealkylation sites (tertiary alicyclic amines) is 1. The molecule has 13 heavy (non-hydrogen) atoms. The van der Waals surface area contributed by atoms with E-state index in [0.29, 0.717) is 6.42 Å². The van der Waals surface area contributed by atoms with Gasteiger partial charge in [-0.2, -0.15) is 0 Å². The van der Waals surface area contributed by atoms with E-state index in [1.165, 1.54) is 0 Å². The monoisotopic (exact) mass is 189 g/mol. The zero-order valence-electron chi connectivity index (χ0n) is 8.96. The summed E-state index contributed by atoms with van der Waals surface area (Å²) in [6.45, 7) is 6.77. The van der Waals surface area contributed by atoms with Gasteiger partial charge in [0.1, 0.15) is 6.17 Å². The first-order valence-corrected chi connectivity index (χ1v) is 5.02. The van der Waals surface area contributed by atoms with Gasteiger partial charge in [0.05, 0.1) is 18.2 Å². The molecule has 0 N–H and O–H groups in total. The summed E-state index contributed by atoms with van der Waals surface area (Å²) in [4.78, 5) is 2.05. The number of hydrogen-bond donors (Lipinski definition) is 0. The van der Waals surface area contributed by atoms with Crippen molar-refractivity contribution in [1.29, 1.82) is 0 Å². The Morgan fingerprint density at radius 1 is 1.38 bits per heavy atom. The lowest BCUT2D eigenvalue weighted by Gasteiger charge is -2.28. The summed E-state index contributed by atoms with van der Waals surface area (Å²) in [5, 5.41) is 0. The van der Waals surface area contributed by atoms with E-state index < -0.39 is 6.17 Å². The minimum atomic E-state index is -0.723. The molecule has 1 rings (SSSR count). The highest BCUT2D eigenvalue weighted by Gasteiger charge is 2.36. The standard InChI is InChI=1S/C10H20FNO/c1-7(2)13-8(3)10-9(11)5-6-12(10)4/h7-10H,5-6H2,1-4H3. The molecule has 1 aliphatic heterocycles. The largest absolute Gasteiger partial charge is 0.374 e. The van der Waals surface area contributed by atoms with Gasteiger partial charge in [0, 0.05) is 6.54 Å². The van der Waals surface area contributed by atoms with E-state index in [-0.39, 0.29) is 18.2 Å². The van der Waals surface area contributed by atoms with Crippen LogP contribution in [0.25, 0.3) is 0 Å². The van der Waals surface area contributed by atoms with Crippen molar-refractivity contribution in [3.8, 4) is 0 Å². The fraction of sp³-hybridized carbons (Fsp3) is 1.00. The van der Waals surface area contributed by atoms with Crippen LogP contribution < -0.4 is 0 Å². The van der Waals surface area contributed by atoms with Crippen LogP contribution in [0, 0.1) is 0 Å². The van der Waals surface area contributed by atoms with Crippen molar-refractivity contribution in [2.45, 2.75) is 51.6 Å². The molecule has 3 unspecified atom stereocenters. The van der Waals surface area contributed by atoms with Crippen molar-refractivity contribution >= 4 is 0 Å². The Morgan fingerprint density at radius 3 is 2.38 bits per heavy atom. The number of halogens is 1. The molecule has 2 nitrogen and oxygen atoms in total. The lowest BCUT2D eigenvalue weighted by molar-refractivity contribution is -0.0339. The van der Waals surface area contributed by atoms with Gasteiger partial charge in [0.2, 0.25) is 0 Å². The zero-order valence-corrected chi connectivity index (χ0v) is 8.96. The molecule has 0 amide bonds. The van der Waals surface area contributed by atoms with Gasteiger partial charge in [-0.1, -0.05) is 0 Å². The van der Waals surface area contributed by atoms with E-state index in [1.54, 1.807) is 0 Å². The second-order valence-corrected chi connectivity index (χ2v) is 4.17. The molecule has 0 saturated carbocycles. The molecule has 1 heterocycles. The Bertz CT molecular complexity index is 153. The average Bonchev–Trinajstić information content (AvgIpc) is 2.29. The maximum absolute atomic E-state index is 13.4. The lowest BCUT2D eigenvalue weighted by Crippen LogP contribution is -2.42. The minimum absolute atomic E-state index is 0.0116. The van der Waals surface area contributed by atoms with Crippen LogP contribution in [0.5, 0.6) is 0 Å². The molecule has 0 aromatic carbocycles. The Labute approximate surface area is 80.1 Å². The molecule has 0 radical (unpaired) electrons. The molecule has 0 bridgehead atoms. The first-order valence-electron chi connectivity index (χ1n) is 5.02. The predicted octanol–water partition coefficient (Wildman–Crippen LogP) is 1.84.